The monoisotopic (exact) mass is 301 g/mol. The van der Waals surface area contributed by atoms with Crippen LogP contribution in [-0.2, 0) is 9.53 Å². The molecular formula is C16H31NO2S. The van der Waals surface area contributed by atoms with E-state index in [1.54, 1.807) is 18.7 Å². The fourth-order valence-electron chi connectivity index (χ4n) is 1.63. The van der Waals surface area contributed by atoms with Gasteiger partial charge in [0, 0.05) is 0 Å². The lowest BCUT2D eigenvalue weighted by atomic mass is 10.1. The Morgan fingerprint density at radius 3 is 2.20 bits per heavy atom. The molecule has 0 aliphatic heterocycles. The number of nitrogens with two attached hydrogens (primary N) is 1. The zero-order valence-corrected chi connectivity index (χ0v) is 14.6. The minimum atomic E-state index is -0.470. The summed E-state index contributed by atoms with van der Waals surface area (Å²) in [6, 6.07) is 0. The standard InChI is InChI=1S/C16H31NO2S/c1-6-7-8-9-10-11-12-20-14(17)13(2)15(18)19-16(3,4)5/h6-12,17H2,1-5H3/b14-13+. The highest BCUT2D eigenvalue weighted by Crippen LogP contribution is 2.20. The zero-order chi connectivity index (χ0) is 15.6. The van der Waals surface area contributed by atoms with Crippen molar-refractivity contribution in [2.45, 2.75) is 78.7 Å². The quantitative estimate of drug-likeness (QED) is 0.384. The maximum Gasteiger partial charge on any atom is 0.336 e. The molecule has 0 aromatic heterocycles. The number of thioether (sulfide) groups is 1. The summed E-state index contributed by atoms with van der Waals surface area (Å²) in [5, 5.41) is 0.591. The van der Waals surface area contributed by atoms with Crippen LogP contribution in [0, 0.1) is 0 Å². The molecule has 0 aromatic carbocycles. The van der Waals surface area contributed by atoms with E-state index in [0.717, 1.165) is 12.2 Å². The second-order valence-corrected chi connectivity index (χ2v) is 7.24. The molecule has 4 heteroatoms. The van der Waals surface area contributed by atoms with E-state index < -0.39 is 5.60 Å². The minimum Gasteiger partial charge on any atom is -0.457 e. The first-order chi connectivity index (χ1) is 9.28. The molecule has 0 heterocycles. The van der Waals surface area contributed by atoms with Gasteiger partial charge in [-0.3, -0.25) is 0 Å². The summed E-state index contributed by atoms with van der Waals surface area (Å²) in [7, 11) is 0. The Bertz CT molecular complexity index is 319. The summed E-state index contributed by atoms with van der Waals surface area (Å²) in [5.74, 6) is 0.656. The van der Waals surface area contributed by atoms with Crippen LogP contribution in [-0.4, -0.2) is 17.3 Å². The van der Waals surface area contributed by atoms with Crippen molar-refractivity contribution < 1.29 is 9.53 Å². The molecule has 0 spiro atoms. The van der Waals surface area contributed by atoms with Crippen molar-refractivity contribution in [3.8, 4) is 0 Å². The molecule has 0 unspecified atom stereocenters. The van der Waals surface area contributed by atoms with Gasteiger partial charge in [-0.1, -0.05) is 39.0 Å². The van der Waals surface area contributed by atoms with Gasteiger partial charge in [-0.2, -0.15) is 0 Å². The van der Waals surface area contributed by atoms with Crippen LogP contribution in [0.3, 0.4) is 0 Å². The van der Waals surface area contributed by atoms with Gasteiger partial charge in [-0.25, -0.2) is 4.79 Å². The number of ether oxygens (including phenoxy) is 1. The first kappa shape index (κ1) is 19.4. The van der Waals surface area contributed by atoms with Crippen LogP contribution in [0.25, 0.3) is 0 Å². The maximum atomic E-state index is 11.8. The summed E-state index contributed by atoms with van der Waals surface area (Å²) in [4.78, 5) is 11.8. The molecule has 0 aliphatic carbocycles. The predicted octanol–water partition coefficient (Wildman–Crippen LogP) is 4.61. The van der Waals surface area contributed by atoms with Crippen LogP contribution >= 0.6 is 11.8 Å². The summed E-state index contributed by atoms with van der Waals surface area (Å²) < 4.78 is 5.30. The Morgan fingerprint density at radius 1 is 1.10 bits per heavy atom. The molecule has 0 aromatic rings. The van der Waals surface area contributed by atoms with Gasteiger partial charge >= 0.3 is 5.97 Å². The van der Waals surface area contributed by atoms with E-state index in [0.29, 0.717) is 10.6 Å². The van der Waals surface area contributed by atoms with Crippen molar-refractivity contribution >= 4 is 17.7 Å². The van der Waals surface area contributed by atoms with Crippen LogP contribution in [0.15, 0.2) is 10.6 Å². The molecule has 0 rings (SSSR count). The fourth-order valence-corrected chi connectivity index (χ4v) is 2.50. The third-order valence-electron chi connectivity index (χ3n) is 2.83. The Labute approximate surface area is 128 Å². The Morgan fingerprint density at radius 2 is 1.65 bits per heavy atom. The van der Waals surface area contributed by atoms with Gasteiger partial charge < -0.3 is 10.5 Å². The van der Waals surface area contributed by atoms with Crippen molar-refractivity contribution in [3.63, 3.8) is 0 Å². The number of carbonyl (C=O) groups excluding carboxylic acids is 1. The Kier molecular flexibility index (Phi) is 9.82. The molecule has 0 atom stereocenters. The molecule has 3 nitrogen and oxygen atoms in total. The topological polar surface area (TPSA) is 52.3 Å². The van der Waals surface area contributed by atoms with E-state index >= 15 is 0 Å². The number of hydrogen-bond donors (Lipinski definition) is 1. The van der Waals surface area contributed by atoms with Gasteiger partial charge in [-0.15, -0.1) is 11.8 Å². The van der Waals surface area contributed by atoms with Crippen molar-refractivity contribution in [1.29, 1.82) is 0 Å². The summed E-state index contributed by atoms with van der Waals surface area (Å²) in [5.41, 5.74) is 6.00. The Balaban J connectivity index is 3.96. The fraction of sp³-hybridized carbons (Fsp3) is 0.812. The SMILES string of the molecule is CCCCCCCCS/C(N)=C(\C)C(=O)OC(C)(C)C. The van der Waals surface area contributed by atoms with Crippen molar-refractivity contribution in [2.24, 2.45) is 5.73 Å². The lowest BCUT2D eigenvalue weighted by Gasteiger charge is -2.20. The van der Waals surface area contributed by atoms with E-state index in [1.165, 1.54) is 32.1 Å². The number of hydrogen-bond acceptors (Lipinski definition) is 4. The molecule has 2 N–H and O–H groups in total. The first-order valence-corrected chi connectivity index (χ1v) is 8.59. The highest BCUT2D eigenvalue weighted by Gasteiger charge is 2.19. The van der Waals surface area contributed by atoms with Crippen LogP contribution in [0.5, 0.6) is 0 Å². The highest BCUT2D eigenvalue weighted by molar-refractivity contribution is 8.03. The smallest absolute Gasteiger partial charge is 0.336 e. The third-order valence-corrected chi connectivity index (χ3v) is 3.94. The van der Waals surface area contributed by atoms with Crippen LogP contribution < -0.4 is 5.73 Å². The summed E-state index contributed by atoms with van der Waals surface area (Å²) >= 11 is 1.56. The molecule has 0 saturated carbocycles. The van der Waals surface area contributed by atoms with Gasteiger partial charge in [0.2, 0.25) is 0 Å². The zero-order valence-electron chi connectivity index (χ0n) is 13.8. The maximum absolute atomic E-state index is 11.8. The van der Waals surface area contributed by atoms with Crippen molar-refractivity contribution in [1.82, 2.24) is 0 Å². The van der Waals surface area contributed by atoms with Crippen LogP contribution in [0.4, 0.5) is 0 Å². The van der Waals surface area contributed by atoms with Crippen LogP contribution in [0.1, 0.15) is 73.1 Å². The Hall–Kier alpha value is -0.640. The molecule has 20 heavy (non-hydrogen) atoms. The van der Waals surface area contributed by atoms with Crippen molar-refractivity contribution in [3.05, 3.63) is 10.6 Å². The third kappa shape index (κ3) is 10.2. The molecule has 0 aliphatic rings. The number of esters is 1. The molecule has 0 saturated heterocycles. The number of rotatable bonds is 9. The van der Waals surface area contributed by atoms with Gasteiger partial charge in [0.25, 0.3) is 0 Å². The lowest BCUT2D eigenvalue weighted by molar-refractivity contribution is -0.149. The normalized spacial score (nSPS) is 13.1. The molecule has 0 radical (unpaired) electrons. The average Bonchev–Trinajstić information content (AvgIpc) is 2.34. The summed E-state index contributed by atoms with van der Waals surface area (Å²) in [6.07, 6.45) is 7.61. The second kappa shape index (κ2) is 10.1. The van der Waals surface area contributed by atoms with Gasteiger partial charge in [0.15, 0.2) is 0 Å². The molecule has 0 fully saturated rings. The van der Waals surface area contributed by atoms with Gasteiger partial charge in [-0.05, 0) is 39.9 Å². The second-order valence-electron chi connectivity index (χ2n) is 6.11. The molecule has 118 valence electrons. The highest BCUT2D eigenvalue weighted by atomic mass is 32.2. The largest absolute Gasteiger partial charge is 0.457 e. The predicted molar refractivity (Wildman–Crippen MR) is 88.6 cm³/mol. The van der Waals surface area contributed by atoms with E-state index in [4.69, 9.17) is 10.5 Å². The minimum absolute atomic E-state index is 0.314. The molecule has 0 amide bonds. The number of carbonyl (C=O) groups is 1. The summed E-state index contributed by atoms with van der Waals surface area (Å²) in [6.45, 7) is 9.53. The van der Waals surface area contributed by atoms with Gasteiger partial charge in [0.1, 0.15) is 5.60 Å². The number of unbranched alkanes of at least 4 members (excludes halogenated alkanes) is 5. The van der Waals surface area contributed by atoms with Gasteiger partial charge in [0.05, 0.1) is 10.6 Å². The van der Waals surface area contributed by atoms with E-state index in [1.807, 2.05) is 20.8 Å². The van der Waals surface area contributed by atoms with E-state index in [2.05, 4.69) is 6.92 Å². The first-order valence-electron chi connectivity index (χ1n) is 7.60. The average molecular weight is 301 g/mol. The van der Waals surface area contributed by atoms with Crippen molar-refractivity contribution in [2.75, 3.05) is 5.75 Å². The van der Waals surface area contributed by atoms with E-state index in [-0.39, 0.29) is 5.97 Å². The van der Waals surface area contributed by atoms with Crippen LogP contribution in [0.2, 0.25) is 0 Å². The lowest BCUT2D eigenvalue weighted by Crippen LogP contribution is -2.25. The molecular weight excluding hydrogens is 270 g/mol. The molecule has 0 bridgehead atoms. The van der Waals surface area contributed by atoms with E-state index in [9.17, 15) is 4.79 Å².